The Balaban J connectivity index is 1.72. The Labute approximate surface area is 140 Å². The molecule has 2 aliphatic heterocycles. The van der Waals surface area contributed by atoms with Crippen LogP contribution in [0.25, 0.3) is 0 Å². The molecule has 1 unspecified atom stereocenters. The molecule has 0 aromatic rings. The number of ether oxygens (including phenoxy) is 1. The summed E-state index contributed by atoms with van der Waals surface area (Å²) in [6, 6.07) is -0.0177. The monoisotopic (exact) mass is 346 g/mol. The van der Waals surface area contributed by atoms with Gasteiger partial charge in [-0.2, -0.15) is 0 Å². The Kier molecular flexibility index (Phi) is 6.45. The van der Waals surface area contributed by atoms with Crippen LogP contribution in [0.3, 0.4) is 0 Å². The lowest BCUT2D eigenvalue weighted by Gasteiger charge is -2.34. The van der Waals surface area contributed by atoms with Gasteiger partial charge in [-0.25, -0.2) is 8.42 Å². The molecule has 23 heavy (non-hydrogen) atoms. The summed E-state index contributed by atoms with van der Waals surface area (Å²) in [6.45, 7) is 6.82. The van der Waals surface area contributed by atoms with Crippen molar-refractivity contribution in [1.82, 2.24) is 9.80 Å². The van der Waals surface area contributed by atoms with Crippen LogP contribution < -0.4 is 0 Å². The van der Waals surface area contributed by atoms with Gasteiger partial charge in [-0.05, 0) is 32.2 Å². The van der Waals surface area contributed by atoms with Crippen LogP contribution in [-0.4, -0.2) is 81.1 Å². The molecule has 134 valence electrons. The van der Waals surface area contributed by atoms with Gasteiger partial charge < -0.3 is 9.64 Å². The topological polar surface area (TPSA) is 66.9 Å². The molecule has 6 nitrogen and oxygen atoms in total. The van der Waals surface area contributed by atoms with Crippen LogP contribution in [0.4, 0.5) is 0 Å². The number of amides is 1. The molecular weight excluding hydrogens is 316 g/mol. The van der Waals surface area contributed by atoms with Crippen molar-refractivity contribution >= 4 is 15.7 Å². The third-order valence-electron chi connectivity index (χ3n) is 4.68. The standard InChI is InChI=1S/C16H30N2O4S/c1-13(2)11-22-15-4-7-18(8-5-15)16(19)10-17(3)14-6-9-23(20,21)12-14/h13-15H,4-12H2,1-3H3. The van der Waals surface area contributed by atoms with Gasteiger partial charge in [0.2, 0.25) is 5.91 Å². The smallest absolute Gasteiger partial charge is 0.236 e. The largest absolute Gasteiger partial charge is 0.378 e. The zero-order valence-electron chi connectivity index (χ0n) is 14.5. The zero-order chi connectivity index (χ0) is 17.0. The Morgan fingerprint density at radius 2 is 1.91 bits per heavy atom. The molecule has 0 spiro atoms. The van der Waals surface area contributed by atoms with E-state index in [1.54, 1.807) is 0 Å². The molecule has 1 atom stereocenters. The van der Waals surface area contributed by atoms with E-state index < -0.39 is 9.84 Å². The maximum absolute atomic E-state index is 12.4. The van der Waals surface area contributed by atoms with Crippen molar-refractivity contribution in [1.29, 1.82) is 0 Å². The van der Waals surface area contributed by atoms with Gasteiger partial charge in [0.05, 0.1) is 24.2 Å². The summed E-state index contributed by atoms with van der Waals surface area (Å²) in [6.07, 6.45) is 2.68. The number of piperidine rings is 1. The first-order chi connectivity index (χ1) is 10.8. The van der Waals surface area contributed by atoms with Crippen LogP contribution in [0.15, 0.2) is 0 Å². The lowest BCUT2D eigenvalue weighted by Crippen LogP contribution is -2.47. The normalized spacial score (nSPS) is 25.4. The van der Waals surface area contributed by atoms with Gasteiger partial charge in [0.15, 0.2) is 9.84 Å². The van der Waals surface area contributed by atoms with Gasteiger partial charge in [0, 0.05) is 25.7 Å². The Hall–Kier alpha value is -0.660. The molecule has 2 aliphatic rings. The van der Waals surface area contributed by atoms with Crippen molar-refractivity contribution < 1.29 is 17.9 Å². The number of rotatable bonds is 6. The third kappa shape index (κ3) is 5.72. The Bertz CT molecular complexity index is 498. The molecule has 2 heterocycles. The van der Waals surface area contributed by atoms with Crippen LogP contribution in [0.1, 0.15) is 33.1 Å². The molecule has 2 saturated heterocycles. The second kappa shape index (κ2) is 7.94. The molecule has 0 bridgehead atoms. The fourth-order valence-corrected chi connectivity index (χ4v) is 4.97. The highest BCUT2D eigenvalue weighted by Gasteiger charge is 2.32. The van der Waals surface area contributed by atoms with E-state index in [1.807, 2.05) is 16.8 Å². The summed E-state index contributed by atoms with van der Waals surface area (Å²) in [4.78, 5) is 16.2. The number of sulfone groups is 1. The summed E-state index contributed by atoms with van der Waals surface area (Å²) < 4.78 is 28.9. The molecule has 2 rings (SSSR count). The molecule has 0 N–H and O–H groups in total. The Morgan fingerprint density at radius 1 is 1.26 bits per heavy atom. The van der Waals surface area contributed by atoms with E-state index >= 15 is 0 Å². The average molecular weight is 346 g/mol. The highest BCUT2D eigenvalue weighted by Crippen LogP contribution is 2.18. The summed E-state index contributed by atoms with van der Waals surface area (Å²) in [5.74, 6) is 1.06. The minimum absolute atomic E-state index is 0.0177. The zero-order valence-corrected chi connectivity index (χ0v) is 15.3. The number of hydrogen-bond donors (Lipinski definition) is 0. The van der Waals surface area contributed by atoms with Crippen molar-refractivity contribution in [3.63, 3.8) is 0 Å². The van der Waals surface area contributed by atoms with Crippen LogP contribution in [0.5, 0.6) is 0 Å². The summed E-state index contributed by atoms with van der Waals surface area (Å²) in [7, 11) is -1.06. The second-order valence-electron chi connectivity index (χ2n) is 7.28. The lowest BCUT2D eigenvalue weighted by molar-refractivity contribution is -0.135. The van der Waals surface area contributed by atoms with Gasteiger partial charge >= 0.3 is 0 Å². The van der Waals surface area contributed by atoms with Crippen LogP contribution in [0.2, 0.25) is 0 Å². The number of nitrogens with zero attached hydrogens (tertiary/aromatic N) is 2. The molecule has 0 aliphatic carbocycles. The molecule has 0 aromatic carbocycles. The van der Waals surface area contributed by atoms with Crippen LogP contribution in [0, 0.1) is 5.92 Å². The van der Waals surface area contributed by atoms with E-state index in [-0.39, 0.29) is 29.6 Å². The predicted molar refractivity (Wildman–Crippen MR) is 90.1 cm³/mol. The van der Waals surface area contributed by atoms with Crippen molar-refractivity contribution in [2.75, 3.05) is 44.8 Å². The fraction of sp³-hybridized carbons (Fsp3) is 0.938. The molecule has 0 saturated carbocycles. The van der Waals surface area contributed by atoms with Crippen molar-refractivity contribution in [2.45, 2.75) is 45.3 Å². The fourth-order valence-electron chi connectivity index (χ4n) is 3.17. The van der Waals surface area contributed by atoms with Gasteiger partial charge in [-0.1, -0.05) is 13.8 Å². The highest BCUT2D eigenvalue weighted by molar-refractivity contribution is 7.91. The van der Waals surface area contributed by atoms with Crippen molar-refractivity contribution in [3.05, 3.63) is 0 Å². The number of carbonyl (C=O) groups is 1. The first-order valence-corrected chi connectivity index (χ1v) is 10.4. The minimum atomic E-state index is -2.90. The Morgan fingerprint density at radius 3 is 2.43 bits per heavy atom. The number of likely N-dealkylation sites (tertiary alicyclic amines) is 1. The molecular formula is C16H30N2O4S. The summed E-state index contributed by atoms with van der Waals surface area (Å²) in [5.41, 5.74) is 0. The molecule has 2 fully saturated rings. The van der Waals surface area contributed by atoms with E-state index in [0.717, 1.165) is 32.5 Å². The SMILES string of the molecule is CC(C)COC1CCN(C(=O)CN(C)C2CCS(=O)(=O)C2)CC1. The van der Waals surface area contributed by atoms with E-state index in [2.05, 4.69) is 13.8 Å². The first-order valence-electron chi connectivity index (χ1n) is 8.57. The highest BCUT2D eigenvalue weighted by atomic mass is 32.2. The summed E-state index contributed by atoms with van der Waals surface area (Å²) in [5, 5.41) is 0. The maximum atomic E-state index is 12.4. The van der Waals surface area contributed by atoms with Gasteiger partial charge in [0.1, 0.15) is 0 Å². The molecule has 1 amide bonds. The average Bonchev–Trinajstić information content (AvgIpc) is 2.86. The molecule has 7 heteroatoms. The maximum Gasteiger partial charge on any atom is 0.236 e. The van der Waals surface area contributed by atoms with E-state index in [0.29, 0.717) is 18.9 Å². The predicted octanol–water partition coefficient (Wildman–Crippen LogP) is 0.769. The van der Waals surface area contributed by atoms with Gasteiger partial charge in [-0.15, -0.1) is 0 Å². The number of carbonyl (C=O) groups excluding carboxylic acids is 1. The van der Waals surface area contributed by atoms with Crippen molar-refractivity contribution in [3.8, 4) is 0 Å². The second-order valence-corrected chi connectivity index (χ2v) is 9.51. The molecule has 0 aromatic heterocycles. The van der Waals surface area contributed by atoms with Crippen LogP contribution >= 0.6 is 0 Å². The van der Waals surface area contributed by atoms with Gasteiger partial charge in [0.25, 0.3) is 0 Å². The van der Waals surface area contributed by atoms with Gasteiger partial charge in [-0.3, -0.25) is 9.69 Å². The summed E-state index contributed by atoms with van der Waals surface area (Å²) >= 11 is 0. The number of hydrogen-bond acceptors (Lipinski definition) is 5. The third-order valence-corrected chi connectivity index (χ3v) is 6.43. The molecule has 0 radical (unpaired) electrons. The van der Waals surface area contributed by atoms with Crippen molar-refractivity contribution in [2.24, 2.45) is 5.92 Å². The van der Waals surface area contributed by atoms with E-state index in [9.17, 15) is 13.2 Å². The first kappa shape index (κ1) is 18.7. The lowest BCUT2D eigenvalue weighted by atomic mass is 10.1. The quantitative estimate of drug-likeness (QED) is 0.711. The van der Waals surface area contributed by atoms with E-state index in [4.69, 9.17) is 4.74 Å². The minimum Gasteiger partial charge on any atom is -0.378 e. The van der Waals surface area contributed by atoms with Crippen LogP contribution in [-0.2, 0) is 19.4 Å². The number of likely N-dealkylation sites (N-methyl/N-ethyl adjacent to an activating group) is 1. The van der Waals surface area contributed by atoms with E-state index in [1.165, 1.54) is 0 Å².